The summed E-state index contributed by atoms with van der Waals surface area (Å²) < 4.78 is 6.64. The number of H-pyrrole nitrogens is 1. The van der Waals surface area contributed by atoms with Gasteiger partial charge in [0.25, 0.3) is 5.56 Å². The van der Waals surface area contributed by atoms with Crippen molar-refractivity contribution in [2.75, 3.05) is 12.4 Å². The Labute approximate surface area is 152 Å². The topological polar surface area (TPSA) is 91.6 Å². The second kappa shape index (κ2) is 6.36. The van der Waals surface area contributed by atoms with Crippen LogP contribution in [0.25, 0.3) is 16.6 Å². The number of aromatic nitrogens is 3. The first-order valence-corrected chi connectivity index (χ1v) is 8.23. The summed E-state index contributed by atoms with van der Waals surface area (Å²) >= 11 is 6.16. The summed E-state index contributed by atoms with van der Waals surface area (Å²) in [6, 6.07) is 8.96. The molecule has 0 spiro atoms. The number of methoxy groups -OCH3 is 1. The van der Waals surface area contributed by atoms with Gasteiger partial charge in [0.1, 0.15) is 5.82 Å². The maximum absolute atomic E-state index is 12.7. The van der Waals surface area contributed by atoms with Gasteiger partial charge in [-0.15, -0.1) is 0 Å². The number of halogens is 1. The molecular weight excluding hydrogens is 356 g/mol. The molecule has 0 amide bonds. The number of aromatic amines is 1. The minimum atomic E-state index is -0.443. The highest BCUT2D eigenvalue weighted by Crippen LogP contribution is 2.28. The zero-order valence-electron chi connectivity index (χ0n) is 13.8. The summed E-state index contributed by atoms with van der Waals surface area (Å²) in [5, 5.41) is 14.2. The Morgan fingerprint density at radius 3 is 3.00 bits per heavy atom. The van der Waals surface area contributed by atoms with Crippen LogP contribution in [0.4, 0.5) is 11.5 Å². The maximum atomic E-state index is 12.7. The summed E-state index contributed by atoms with van der Waals surface area (Å²) in [5.74, 6) is 0.731. The fourth-order valence-electron chi connectivity index (χ4n) is 2.88. The number of aliphatic hydroxyl groups is 1. The molecule has 4 aromatic rings. The van der Waals surface area contributed by atoms with E-state index in [0.29, 0.717) is 22.1 Å². The van der Waals surface area contributed by atoms with Crippen molar-refractivity contribution in [1.29, 1.82) is 0 Å². The van der Waals surface area contributed by atoms with Gasteiger partial charge >= 0.3 is 0 Å². The Balaban J connectivity index is 1.88. The zero-order chi connectivity index (χ0) is 18.3. The molecule has 0 aliphatic rings. The van der Waals surface area contributed by atoms with Gasteiger partial charge in [0.2, 0.25) is 0 Å². The molecule has 7 nitrogen and oxygen atoms in total. The molecular formula is C18H15ClN4O3. The van der Waals surface area contributed by atoms with E-state index in [-0.39, 0.29) is 16.9 Å². The Hall–Kier alpha value is -3.03. The van der Waals surface area contributed by atoms with Gasteiger partial charge in [-0.1, -0.05) is 11.6 Å². The largest absolute Gasteiger partial charge is 0.493 e. The predicted octanol–water partition coefficient (Wildman–Crippen LogP) is 3.07. The highest BCUT2D eigenvalue weighted by Gasteiger charge is 2.15. The second-order valence-electron chi connectivity index (χ2n) is 5.69. The van der Waals surface area contributed by atoms with Crippen LogP contribution in [0.3, 0.4) is 0 Å². The van der Waals surface area contributed by atoms with Crippen LogP contribution in [0, 0.1) is 0 Å². The molecule has 0 radical (unpaired) electrons. The van der Waals surface area contributed by atoms with Crippen molar-refractivity contribution in [3.8, 4) is 5.75 Å². The van der Waals surface area contributed by atoms with E-state index < -0.39 is 6.61 Å². The number of aliphatic hydroxyl groups excluding tert-OH is 1. The quantitative estimate of drug-likeness (QED) is 0.513. The fraction of sp³-hybridized carbons (Fsp3) is 0.111. The maximum Gasteiger partial charge on any atom is 0.265 e. The molecule has 1 aromatic carbocycles. The Kier molecular flexibility index (Phi) is 4.02. The number of hydrogen-bond donors (Lipinski definition) is 3. The third-order valence-electron chi connectivity index (χ3n) is 4.18. The Morgan fingerprint density at radius 2 is 2.23 bits per heavy atom. The van der Waals surface area contributed by atoms with Crippen molar-refractivity contribution in [1.82, 2.24) is 14.4 Å². The molecule has 0 fully saturated rings. The summed E-state index contributed by atoms with van der Waals surface area (Å²) in [5.41, 5.74) is 1.76. The van der Waals surface area contributed by atoms with E-state index >= 15 is 0 Å². The van der Waals surface area contributed by atoms with Crippen LogP contribution in [0.15, 0.2) is 47.5 Å². The molecule has 0 aliphatic heterocycles. The van der Waals surface area contributed by atoms with Crippen molar-refractivity contribution in [2.45, 2.75) is 6.61 Å². The van der Waals surface area contributed by atoms with Gasteiger partial charge in [0, 0.05) is 29.0 Å². The lowest BCUT2D eigenvalue weighted by Gasteiger charge is -2.13. The first kappa shape index (κ1) is 16.4. The van der Waals surface area contributed by atoms with E-state index in [2.05, 4.69) is 15.3 Å². The molecule has 132 valence electrons. The summed E-state index contributed by atoms with van der Waals surface area (Å²) in [6.07, 6.45) is 3.29. The first-order valence-electron chi connectivity index (χ1n) is 7.85. The molecule has 0 atom stereocenters. The van der Waals surface area contributed by atoms with E-state index in [9.17, 15) is 9.90 Å². The number of anilines is 2. The van der Waals surface area contributed by atoms with E-state index in [1.807, 2.05) is 18.2 Å². The smallest absolute Gasteiger partial charge is 0.265 e. The molecule has 0 unspecified atom stereocenters. The molecule has 3 N–H and O–H groups in total. The molecule has 0 bridgehead atoms. The van der Waals surface area contributed by atoms with Crippen LogP contribution in [0.2, 0.25) is 5.02 Å². The fourth-order valence-corrected chi connectivity index (χ4v) is 3.09. The molecule has 0 saturated carbocycles. The van der Waals surface area contributed by atoms with Crippen LogP contribution in [-0.2, 0) is 6.61 Å². The van der Waals surface area contributed by atoms with Crippen molar-refractivity contribution in [2.24, 2.45) is 0 Å². The third-order valence-corrected chi connectivity index (χ3v) is 4.50. The number of hydrogen-bond acceptors (Lipinski definition) is 5. The number of pyridine rings is 1. The standard InChI is InChI=1S/C18H15ClN4O3/c1-26-15-3-2-6-23-17(15)22-16(12(9-24)18(23)25)21-10-4-5-14-11(7-10)13(19)8-20-14/h2-8,20-21,24H,9H2,1H3. The first-order chi connectivity index (χ1) is 12.6. The Bertz CT molecular complexity index is 1180. The second-order valence-corrected chi connectivity index (χ2v) is 6.10. The number of ether oxygens (including phenoxy) is 1. The highest BCUT2D eigenvalue weighted by molar-refractivity contribution is 6.35. The van der Waals surface area contributed by atoms with E-state index in [4.69, 9.17) is 16.3 Å². The molecule has 26 heavy (non-hydrogen) atoms. The van der Waals surface area contributed by atoms with Crippen molar-refractivity contribution >= 4 is 39.7 Å². The number of fused-ring (bicyclic) bond motifs is 2. The van der Waals surface area contributed by atoms with Gasteiger partial charge < -0.3 is 20.1 Å². The van der Waals surface area contributed by atoms with Gasteiger partial charge in [-0.25, -0.2) is 4.98 Å². The van der Waals surface area contributed by atoms with Crippen molar-refractivity contribution < 1.29 is 9.84 Å². The number of rotatable bonds is 4. The average Bonchev–Trinajstić information content (AvgIpc) is 3.02. The van der Waals surface area contributed by atoms with Crippen molar-refractivity contribution in [3.63, 3.8) is 0 Å². The van der Waals surface area contributed by atoms with Crippen LogP contribution in [0.5, 0.6) is 5.75 Å². The van der Waals surface area contributed by atoms with Crippen LogP contribution in [-0.4, -0.2) is 26.6 Å². The zero-order valence-corrected chi connectivity index (χ0v) is 14.5. The minimum absolute atomic E-state index is 0.163. The molecule has 8 heteroatoms. The Morgan fingerprint density at radius 1 is 1.38 bits per heavy atom. The molecule has 0 aliphatic carbocycles. The van der Waals surface area contributed by atoms with Crippen LogP contribution < -0.4 is 15.6 Å². The number of nitrogens with one attached hydrogen (secondary N) is 2. The highest BCUT2D eigenvalue weighted by atomic mass is 35.5. The van der Waals surface area contributed by atoms with Gasteiger partial charge in [0.15, 0.2) is 11.4 Å². The van der Waals surface area contributed by atoms with E-state index in [0.717, 1.165) is 10.9 Å². The number of nitrogens with zero attached hydrogens (tertiary/aromatic N) is 2. The summed E-state index contributed by atoms with van der Waals surface area (Å²) in [6.45, 7) is -0.443. The lowest BCUT2D eigenvalue weighted by Crippen LogP contribution is -2.22. The minimum Gasteiger partial charge on any atom is -0.493 e. The van der Waals surface area contributed by atoms with E-state index in [1.165, 1.54) is 11.5 Å². The van der Waals surface area contributed by atoms with Gasteiger partial charge in [-0.2, -0.15) is 0 Å². The van der Waals surface area contributed by atoms with Crippen molar-refractivity contribution in [3.05, 3.63) is 63.7 Å². The summed E-state index contributed by atoms with van der Waals surface area (Å²) in [7, 11) is 1.51. The lowest BCUT2D eigenvalue weighted by atomic mass is 10.2. The van der Waals surface area contributed by atoms with Gasteiger partial charge in [-0.05, 0) is 30.3 Å². The summed E-state index contributed by atoms with van der Waals surface area (Å²) in [4.78, 5) is 20.3. The number of benzene rings is 1. The van der Waals surface area contributed by atoms with Crippen LogP contribution >= 0.6 is 11.6 Å². The molecule has 0 saturated heterocycles. The predicted molar refractivity (Wildman–Crippen MR) is 101 cm³/mol. The molecule has 3 heterocycles. The SMILES string of the molecule is COc1cccn2c(=O)c(CO)c(Nc3ccc4[nH]cc(Cl)c4c3)nc12. The monoisotopic (exact) mass is 370 g/mol. The normalized spacial score (nSPS) is 11.2. The third kappa shape index (κ3) is 2.58. The lowest BCUT2D eigenvalue weighted by molar-refractivity contribution is 0.280. The molecule has 3 aromatic heterocycles. The van der Waals surface area contributed by atoms with Gasteiger partial charge in [-0.3, -0.25) is 9.20 Å². The van der Waals surface area contributed by atoms with Crippen LogP contribution in [0.1, 0.15) is 5.56 Å². The molecule has 4 rings (SSSR count). The van der Waals surface area contributed by atoms with E-state index in [1.54, 1.807) is 24.5 Å². The average molecular weight is 371 g/mol. The van der Waals surface area contributed by atoms with Gasteiger partial charge in [0.05, 0.1) is 24.3 Å².